The summed E-state index contributed by atoms with van der Waals surface area (Å²) in [6.45, 7) is 2.42. The molecule has 1 aromatic heterocycles. The molecule has 2 aromatic rings. The SMILES string of the molecule is Cc1ccc(C(=O)NCc2ccn(C)n2)c(Br)c1. The number of amides is 1. The lowest BCUT2D eigenvalue weighted by Gasteiger charge is -2.06. The Morgan fingerprint density at radius 1 is 1.44 bits per heavy atom. The molecule has 0 aliphatic heterocycles. The monoisotopic (exact) mass is 307 g/mol. The molecule has 2 rings (SSSR count). The fraction of sp³-hybridized carbons (Fsp3) is 0.231. The molecule has 18 heavy (non-hydrogen) atoms. The van der Waals surface area contributed by atoms with Crippen LogP contribution in [0.1, 0.15) is 21.6 Å². The van der Waals surface area contributed by atoms with Crippen LogP contribution >= 0.6 is 15.9 Å². The van der Waals surface area contributed by atoms with Gasteiger partial charge in [0.2, 0.25) is 0 Å². The van der Waals surface area contributed by atoms with Crippen LogP contribution in [0.15, 0.2) is 34.9 Å². The van der Waals surface area contributed by atoms with Crippen LogP contribution in [0.5, 0.6) is 0 Å². The topological polar surface area (TPSA) is 46.9 Å². The summed E-state index contributed by atoms with van der Waals surface area (Å²) >= 11 is 3.40. The second kappa shape index (κ2) is 5.35. The summed E-state index contributed by atoms with van der Waals surface area (Å²) in [5.74, 6) is -0.104. The molecule has 94 valence electrons. The normalized spacial score (nSPS) is 10.4. The zero-order valence-electron chi connectivity index (χ0n) is 10.3. The number of halogens is 1. The van der Waals surface area contributed by atoms with Crippen LogP contribution in [0, 0.1) is 6.92 Å². The Hall–Kier alpha value is -1.62. The van der Waals surface area contributed by atoms with Crippen LogP contribution in [0.2, 0.25) is 0 Å². The van der Waals surface area contributed by atoms with Crippen molar-refractivity contribution >= 4 is 21.8 Å². The highest BCUT2D eigenvalue weighted by atomic mass is 79.9. The summed E-state index contributed by atoms with van der Waals surface area (Å²) in [6, 6.07) is 7.54. The van der Waals surface area contributed by atoms with Crippen LogP contribution in [-0.4, -0.2) is 15.7 Å². The molecule has 1 aromatic carbocycles. The molecule has 0 spiro atoms. The molecule has 0 unspecified atom stereocenters. The standard InChI is InChI=1S/C13H14BrN3O/c1-9-3-4-11(12(14)7-9)13(18)15-8-10-5-6-17(2)16-10/h3-7H,8H2,1-2H3,(H,15,18). The molecule has 1 amide bonds. The zero-order chi connectivity index (χ0) is 13.1. The molecule has 0 radical (unpaired) electrons. The molecular weight excluding hydrogens is 294 g/mol. The van der Waals surface area contributed by atoms with Crippen molar-refractivity contribution in [2.24, 2.45) is 7.05 Å². The summed E-state index contributed by atoms with van der Waals surface area (Å²) in [6.07, 6.45) is 1.85. The molecule has 0 fully saturated rings. The van der Waals surface area contributed by atoms with Gasteiger partial charge in [-0.25, -0.2) is 0 Å². The van der Waals surface area contributed by atoms with Crippen LogP contribution in [0.4, 0.5) is 0 Å². The third-order valence-corrected chi connectivity index (χ3v) is 3.22. The lowest BCUT2D eigenvalue weighted by molar-refractivity contribution is 0.0949. The smallest absolute Gasteiger partial charge is 0.252 e. The summed E-state index contributed by atoms with van der Waals surface area (Å²) in [5.41, 5.74) is 2.59. The Morgan fingerprint density at radius 2 is 2.22 bits per heavy atom. The minimum atomic E-state index is -0.104. The van der Waals surface area contributed by atoms with E-state index in [9.17, 15) is 4.79 Å². The molecule has 0 aliphatic rings. The maximum atomic E-state index is 12.0. The van der Waals surface area contributed by atoms with Gasteiger partial charge in [0.25, 0.3) is 5.91 Å². The second-order valence-corrected chi connectivity index (χ2v) is 5.00. The first-order valence-electron chi connectivity index (χ1n) is 5.59. The molecule has 0 aliphatic carbocycles. The van der Waals surface area contributed by atoms with E-state index in [1.54, 1.807) is 4.68 Å². The number of hydrogen-bond acceptors (Lipinski definition) is 2. The molecule has 0 saturated carbocycles. The van der Waals surface area contributed by atoms with E-state index in [4.69, 9.17) is 0 Å². The van der Waals surface area contributed by atoms with Crippen molar-refractivity contribution in [2.75, 3.05) is 0 Å². The lowest BCUT2D eigenvalue weighted by atomic mass is 10.1. The highest BCUT2D eigenvalue weighted by Gasteiger charge is 2.09. The van der Waals surface area contributed by atoms with Gasteiger partial charge in [0.15, 0.2) is 0 Å². The quantitative estimate of drug-likeness (QED) is 0.946. The number of benzene rings is 1. The highest BCUT2D eigenvalue weighted by molar-refractivity contribution is 9.10. The van der Waals surface area contributed by atoms with E-state index >= 15 is 0 Å². The van der Waals surface area contributed by atoms with Crippen molar-refractivity contribution in [3.63, 3.8) is 0 Å². The number of carbonyl (C=O) groups excluding carboxylic acids is 1. The van der Waals surface area contributed by atoms with Crippen LogP contribution < -0.4 is 5.32 Å². The summed E-state index contributed by atoms with van der Waals surface area (Å²) < 4.78 is 2.52. The fourth-order valence-electron chi connectivity index (χ4n) is 1.63. The first-order valence-corrected chi connectivity index (χ1v) is 6.38. The summed E-state index contributed by atoms with van der Waals surface area (Å²) in [7, 11) is 1.85. The van der Waals surface area contributed by atoms with E-state index in [1.165, 1.54) is 0 Å². The Kier molecular flexibility index (Phi) is 3.81. The lowest BCUT2D eigenvalue weighted by Crippen LogP contribution is -2.23. The van der Waals surface area contributed by atoms with E-state index in [1.807, 2.05) is 44.4 Å². The van der Waals surface area contributed by atoms with Gasteiger partial charge in [0.05, 0.1) is 17.8 Å². The van der Waals surface area contributed by atoms with Gasteiger partial charge >= 0.3 is 0 Å². The van der Waals surface area contributed by atoms with Gasteiger partial charge in [-0.05, 0) is 46.6 Å². The average molecular weight is 308 g/mol. The van der Waals surface area contributed by atoms with Gasteiger partial charge in [0, 0.05) is 17.7 Å². The predicted octanol–water partition coefficient (Wildman–Crippen LogP) is 2.42. The second-order valence-electron chi connectivity index (χ2n) is 4.15. The van der Waals surface area contributed by atoms with Crippen molar-refractivity contribution in [1.29, 1.82) is 0 Å². The minimum absolute atomic E-state index is 0.104. The summed E-state index contributed by atoms with van der Waals surface area (Å²) in [5, 5.41) is 7.05. The highest BCUT2D eigenvalue weighted by Crippen LogP contribution is 2.18. The molecular formula is C13H14BrN3O. The fourth-order valence-corrected chi connectivity index (χ4v) is 2.30. The molecule has 4 nitrogen and oxygen atoms in total. The number of rotatable bonds is 3. The van der Waals surface area contributed by atoms with E-state index in [0.717, 1.165) is 15.7 Å². The van der Waals surface area contributed by atoms with Crippen molar-refractivity contribution in [1.82, 2.24) is 15.1 Å². The van der Waals surface area contributed by atoms with E-state index in [0.29, 0.717) is 12.1 Å². The molecule has 0 bridgehead atoms. The van der Waals surface area contributed by atoms with Crippen molar-refractivity contribution in [2.45, 2.75) is 13.5 Å². The molecule has 5 heteroatoms. The number of nitrogens with zero attached hydrogens (tertiary/aromatic N) is 2. The number of hydrogen-bond donors (Lipinski definition) is 1. The van der Waals surface area contributed by atoms with Crippen molar-refractivity contribution in [3.8, 4) is 0 Å². The van der Waals surface area contributed by atoms with Gasteiger partial charge in [-0.3, -0.25) is 9.48 Å². The van der Waals surface area contributed by atoms with E-state index in [-0.39, 0.29) is 5.91 Å². The van der Waals surface area contributed by atoms with Gasteiger partial charge < -0.3 is 5.32 Å². The van der Waals surface area contributed by atoms with Gasteiger partial charge in [-0.2, -0.15) is 5.10 Å². The average Bonchev–Trinajstić information content (AvgIpc) is 2.72. The third kappa shape index (κ3) is 2.98. The molecule has 1 heterocycles. The Labute approximate surface area is 114 Å². The molecule has 0 atom stereocenters. The Morgan fingerprint density at radius 3 is 2.83 bits per heavy atom. The third-order valence-electron chi connectivity index (χ3n) is 2.57. The van der Waals surface area contributed by atoms with E-state index in [2.05, 4.69) is 26.3 Å². The zero-order valence-corrected chi connectivity index (χ0v) is 11.9. The Balaban J connectivity index is 2.03. The van der Waals surface area contributed by atoms with Crippen molar-refractivity contribution in [3.05, 3.63) is 51.8 Å². The maximum Gasteiger partial charge on any atom is 0.252 e. The van der Waals surface area contributed by atoms with Gasteiger partial charge in [0.1, 0.15) is 0 Å². The number of aryl methyl sites for hydroxylation is 2. The van der Waals surface area contributed by atoms with Crippen LogP contribution in [0.25, 0.3) is 0 Å². The summed E-state index contributed by atoms with van der Waals surface area (Å²) in [4.78, 5) is 12.0. The number of aromatic nitrogens is 2. The van der Waals surface area contributed by atoms with E-state index < -0.39 is 0 Å². The number of carbonyl (C=O) groups is 1. The first kappa shape index (κ1) is 12.8. The first-order chi connectivity index (χ1) is 8.56. The van der Waals surface area contributed by atoms with Gasteiger partial charge in [-0.1, -0.05) is 6.07 Å². The Bertz CT molecular complexity index is 577. The van der Waals surface area contributed by atoms with Crippen LogP contribution in [0.3, 0.4) is 0 Å². The largest absolute Gasteiger partial charge is 0.346 e. The van der Waals surface area contributed by atoms with Gasteiger partial charge in [-0.15, -0.1) is 0 Å². The predicted molar refractivity (Wildman–Crippen MR) is 73.3 cm³/mol. The minimum Gasteiger partial charge on any atom is -0.346 e. The number of nitrogens with one attached hydrogen (secondary N) is 1. The molecule has 0 saturated heterocycles. The van der Waals surface area contributed by atoms with Crippen molar-refractivity contribution < 1.29 is 4.79 Å². The maximum absolute atomic E-state index is 12.0. The van der Waals surface area contributed by atoms with Crippen LogP contribution in [-0.2, 0) is 13.6 Å². The molecule has 1 N–H and O–H groups in total.